The Morgan fingerprint density at radius 1 is 0.337 bits per heavy atom. The highest BCUT2D eigenvalue weighted by Gasteiger charge is 2.55. The first-order valence-electron chi connectivity index (χ1n) is 37.4. The molecule has 5 heteroatoms. The molecular formula is C93H86BN3O. The van der Waals surface area contributed by atoms with Gasteiger partial charge in [0, 0.05) is 61.0 Å². The molecule has 482 valence electrons. The van der Waals surface area contributed by atoms with Crippen LogP contribution in [0.2, 0.25) is 0 Å². The Morgan fingerprint density at radius 3 is 1.27 bits per heavy atom. The second kappa shape index (κ2) is 21.5. The highest BCUT2D eigenvalue weighted by atomic mass is 16.5. The minimum absolute atomic E-state index is 0.101. The molecule has 17 rings (SSSR count). The zero-order valence-corrected chi connectivity index (χ0v) is 59.1. The summed E-state index contributed by atoms with van der Waals surface area (Å²) in [6.45, 7) is 33.8. The summed E-state index contributed by atoms with van der Waals surface area (Å²) in [7, 11) is 0. The third kappa shape index (κ3) is 9.38. The van der Waals surface area contributed by atoms with Gasteiger partial charge in [0.1, 0.15) is 11.5 Å². The number of anilines is 3. The van der Waals surface area contributed by atoms with E-state index in [9.17, 15) is 5.48 Å². The van der Waals surface area contributed by atoms with Crippen molar-refractivity contribution in [2.45, 2.75) is 136 Å². The summed E-state index contributed by atoms with van der Waals surface area (Å²) in [5.74, 6) is 1.41. The van der Waals surface area contributed by atoms with E-state index >= 15 is 0 Å². The van der Waals surface area contributed by atoms with Crippen LogP contribution in [0.4, 0.5) is 17.1 Å². The predicted molar refractivity (Wildman–Crippen MR) is 417 cm³/mol. The fourth-order valence-electron chi connectivity index (χ4n) is 16.4. The standard InChI is InChI=1S/C93H86BN3O/c1-88(2,3)60-34-43-78(67(50-60)58-28-20-17-21-29-58)97-83-56-66(96-81-46-37-63(91(10,11)12)53-70(81)71-54-64(92(13,14)15)38-47-82(71)96)40-42-77(83)94-76-41-39-65(95-79-44-35-61(89(4,5)6)51-68(79)69-52-62(90(7,8)9)36-45-80(69)95)55-74(76)93(72-30-22-24-32-85(72)98-86-33-25-23-31-73(86)93)75-48-59(49-84(97)87(75)94)57-26-18-16-19-27-57/h16-56H,1-15H3/i16D,18D,19D,26D,27D. The van der Waals surface area contributed by atoms with Gasteiger partial charge in [0.15, 0.2) is 0 Å². The van der Waals surface area contributed by atoms with Crippen molar-refractivity contribution in [1.29, 1.82) is 0 Å². The van der Waals surface area contributed by atoms with Crippen LogP contribution in [0, 0.1) is 0 Å². The third-order valence-electron chi connectivity index (χ3n) is 21.7. The van der Waals surface area contributed by atoms with Gasteiger partial charge in [-0.1, -0.05) is 249 Å². The van der Waals surface area contributed by atoms with E-state index in [4.69, 9.17) is 6.11 Å². The van der Waals surface area contributed by atoms with E-state index in [1.165, 1.54) is 49.4 Å². The first-order valence-corrected chi connectivity index (χ1v) is 34.9. The van der Waals surface area contributed by atoms with Crippen molar-refractivity contribution in [2.24, 2.45) is 0 Å². The van der Waals surface area contributed by atoms with Crippen LogP contribution in [0.1, 0.15) is 161 Å². The Balaban J connectivity index is 1.06. The quantitative estimate of drug-likeness (QED) is 0.160. The molecule has 0 bridgehead atoms. The average molecular weight is 1280 g/mol. The van der Waals surface area contributed by atoms with Crippen LogP contribution in [0.3, 0.4) is 0 Å². The van der Waals surface area contributed by atoms with Crippen LogP contribution in [0.25, 0.3) is 77.2 Å². The van der Waals surface area contributed by atoms with Gasteiger partial charge in [0.05, 0.1) is 40.0 Å². The fraction of sp³-hybridized carbons (Fsp3) is 0.226. The summed E-state index contributed by atoms with van der Waals surface area (Å²) in [6.07, 6.45) is 0. The number of ether oxygens (including phenoxy) is 1. The minimum Gasteiger partial charge on any atom is -0.457 e. The summed E-state index contributed by atoms with van der Waals surface area (Å²) in [6, 6.07) is 79.6. The van der Waals surface area contributed by atoms with Crippen molar-refractivity contribution in [3.63, 3.8) is 0 Å². The smallest absolute Gasteiger partial charge is 0.247 e. The number of para-hydroxylation sites is 2. The molecule has 3 aliphatic rings. The predicted octanol–water partition coefficient (Wildman–Crippen LogP) is 22.8. The lowest BCUT2D eigenvalue weighted by Crippen LogP contribution is -2.65. The second-order valence-corrected chi connectivity index (χ2v) is 33.0. The van der Waals surface area contributed by atoms with Crippen molar-refractivity contribution in [1.82, 2.24) is 9.13 Å². The molecular weight excluding hydrogens is 1190 g/mol. The number of aromatic nitrogens is 2. The lowest BCUT2D eigenvalue weighted by Gasteiger charge is -2.50. The monoisotopic (exact) mass is 1280 g/mol. The first kappa shape index (κ1) is 56.0. The number of benzene rings is 12. The molecule has 2 aromatic heterocycles. The Kier molecular flexibility index (Phi) is 12.3. The number of fused-ring (bicyclic) bond motifs is 16. The SMILES string of the molecule is [2H]c1c([2H])c([2H])c(-c2cc3c4c(c2)C2(c5ccccc5Oc5ccccc52)c2cc(-n5c6ccc(C(C)(C)C)cc6c6cc(C(C)(C)C)ccc65)ccc2B4c2ccc(-n4c5ccc(C(C)(C)C)cc5c5cc(C(C)(C)C)ccc54)cc2N3c2ccc(C(C)(C)C)cc2-c2ccccc2)c([2H])c1[2H]. The van der Waals surface area contributed by atoms with E-state index in [0.29, 0.717) is 17.1 Å². The van der Waals surface area contributed by atoms with Crippen LogP contribution >= 0.6 is 0 Å². The van der Waals surface area contributed by atoms with Crippen LogP contribution in [0.5, 0.6) is 11.5 Å². The van der Waals surface area contributed by atoms with Gasteiger partial charge in [0.2, 0.25) is 6.71 Å². The van der Waals surface area contributed by atoms with E-state index in [2.05, 4.69) is 324 Å². The maximum atomic E-state index is 10.00. The molecule has 0 saturated heterocycles. The van der Waals surface area contributed by atoms with Gasteiger partial charge in [-0.15, -0.1) is 0 Å². The molecule has 0 saturated carbocycles. The van der Waals surface area contributed by atoms with Crippen molar-refractivity contribution >= 4 is 83.8 Å². The molecule has 12 aromatic carbocycles. The Morgan fingerprint density at radius 2 is 0.776 bits per heavy atom. The summed E-state index contributed by atoms with van der Waals surface area (Å²) >= 11 is 0. The highest BCUT2D eigenvalue weighted by molar-refractivity contribution is 6.99. The van der Waals surface area contributed by atoms with Crippen LogP contribution in [0.15, 0.2) is 249 Å². The molecule has 0 N–H and O–H groups in total. The summed E-state index contributed by atoms with van der Waals surface area (Å²) in [4.78, 5) is 2.46. The first-order chi connectivity index (χ1) is 48.8. The van der Waals surface area contributed by atoms with Crippen LogP contribution in [-0.2, 0) is 32.5 Å². The van der Waals surface area contributed by atoms with Crippen LogP contribution < -0.4 is 26.0 Å². The van der Waals surface area contributed by atoms with Crippen molar-refractivity contribution in [2.75, 3.05) is 4.90 Å². The zero-order chi connectivity index (χ0) is 72.3. The van der Waals surface area contributed by atoms with E-state index in [0.717, 1.165) is 100 Å². The summed E-state index contributed by atoms with van der Waals surface area (Å²) < 4.78 is 60.0. The van der Waals surface area contributed by atoms with E-state index in [-0.39, 0.29) is 44.7 Å². The van der Waals surface area contributed by atoms with Gasteiger partial charge in [-0.3, -0.25) is 0 Å². The van der Waals surface area contributed by atoms with Gasteiger partial charge in [-0.05, 0) is 203 Å². The van der Waals surface area contributed by atoms with Gasteiger partial charge >= 0.3 is 0 Å². The molecule has 5 heterocycles. The van der Waals surface area contributed by atoms with Gasteiger partial charge in [-0.2, -0.15) is 0 Å². The van der Waals surface area contributed by atoms with E-state index in [1.807, 2.05) is 12.1 Å². The molecule has 0 unspecified atom stereocenters. The molecule has 98 heavy (non-hydrogen) atoms. The van der Waals surface area contributed by atoms with E-state index in [1.54, 1.807) is 0 Å². The molecule has 0 fully saturated rings. The largest absolute Gasteiger partial charge is 0.457 e. The number of hydrogen-bond acceptors (Lipinski definition) is 2. The lowest BCUT2D eigenvalue weighted by atomic mass is 9.29. The molecule has 0 aliphatic carbocycles. The maximum absolute atomic E-state index is 10.00. The van der Waals surface area contributed by atoms with Gasteiger partial charge in [-0.25, -0.2) is 0 Å². The zero-order valence-electron chi connectivity index (χ0n) is 64.1. The maximum Gasteiger partial charge on any atom is 0.247 e. The molecule has 1 spiro atoms. The van der Waals surface area contributed by atoms with Crippen LogP contribution in [-0.4, -0.2) is 15.8 Å². The Labute approximate surface area is 586 Å². The molecule has 0 amide bonds. The van der Waals surface area contributed by atoms with Gasteiger partial charge < -0.3 is 18.8 Å². The summed E-state index contributed by atoms with van der Waals surface area (Å²) in [5.41, 5.74) is 23.3. The topological polar surface area (TPSA) is 22.3 Å². The van der Waals surface area contributed by atoms with Crippen molar-refractivity contribution < 1.29 is 11.6 Å². The molecule has 14 aromatic rings. The van der Waals surface area contributed by atoms with E-state index < -0.39 is 30.3 Å². The highest BCUT2D eigenvalue weighted by Crippen LogP contribution is 2.59. The number of hydrogen-bond donors (Lipinski definition) is 0. The third-order valence-corrected chi connectivity index (χ3v) is 21.7. The molecule has 0 radical (unpaired) electrons. The van der Waals surface area contributed by atoms with Crippen molar-refractivity contribution in [3.8, 4) is 45.1 Å². The normalized spacial score (nSPS) is 14.9. The molecule has 3 aliphatic heterocycles. The number of rotatable bonds is 5. The minimum atomic E-state index is -1.17. The molecule has 4 nitrogen and oxygen atoms in total. The fourth-order valence-corrected chi connectivity index (χ4v) is 16.4. The Bertz CT molecular complexity index is 5740. The van der Waals surface area contributed by atoms with Gasteiger partial charge in [0.25, 0.3) is 0 Å². The van der Waals surface area contributed by atoms with Crippen molar-refractivity contribution in [3.05, 3.63) is 299 Å². The summed E-state index contributed by atoms with van der Waals surface area (Å²) in [5, 5.41) is 4.77. The number of nitrogens with zero attached hydrogens (tertiary/aromatic N) is 3. The average Bonchev–Trinajstić information content (AvgIpc) is 0.995. The second-order valence-electron chi connectivity index (χ2n) is 33.0. The molecule has 0 atom stereocenters. The lowest BCUT2D eigenvalue weighted by molar-refractivity contribution is 0.435. The Hall–Kier alpha value is -10.1.